The van der Waals surface area contributed by atoms with Crippen LogP contribution < -0.4 is 5.32 Å². The van der Waals surface area contributed by atoms with Crippen LogP contribution in [0, 0.1) is 5.92 Å². The van der Waals surface area contributed by atoms with Gasteiger partial charge in [-0.05, 0) is 12.3 Å². The molecule has 0 saturated carbocycles. The van der Waals surface area contributed by atoms with Gasteiger partial charge in [0.2, 0.25) is 0 Å². The second-order valence-corrected chi connectivity index (χ2v) is 3.86. The number of ether oxygens (including phenoxy) is 1. The first-order valence-corrected chi connectivity index (χ1v) is 5.35. The van der Waals surface area contributed by atoms with E-state index in [1.54, 1.807) is 0 Å². The van der Waals surface area contributed by atoms with Crippen molar-refractivity contribution in [3.05, 3.63) is 0 Å². The van der Waals surface area contributed by atoms with Gasteiger partial charge in [-0.3, -0.25) is 0 Å². The summed E-state index contributed by atoms with van der Waals surface area (Å²) in [5, 5.41) is 4.41. The Bertz CT molecular complexity index is 107. The Kier molecular flexibility index (Phi) is 7.83. The molecule has 0 spiro atoms. The lowest BCUT2D eigenvalue weighted by Gasteiger charge is -2.28. The highest BCUT2D eigenvalue weighted by Crippen LogP contribution is 2.14. The molecule has 1 saturated heterocycles. The third-order valence-corrected chi connectivity index (χ3v) is 2.61. The molecule has 0 amide bonds. The fourth-order valence-electron chi connectivity index (χ4n) is 1.31. The lowest BCUT2D eigenvalue weighted by Crippen LogP contribution is -2.42. The molecule has 0 radical (unpaired) electrons. The smallest absolute Gasteiger partial charge is 0.0725 e. The molecule has 2 nitrogen and oxygen atoms in total. The number of hydrogen-bond acceptors (Lipinski definition) is 2. The van der Waals surface area contributed by atoms with E-state index in [4.69, 9.17) is 4.74 Å². The molecule has 1 heterocycles. The maximum absolute atomic E-state index is 5.61. The van der Waals surface area contributed by atoms with Gasteiger partial charge in [-0.25, -0.2) is 0 Å². The van der Waals surface area contributed by atoms with E-state index in [-0.39, 0.29) is 17.0 Å². The molecule has 0 aromatic heterocycles. The maximum atomic E-state index is 5.61. The third kappa shape index (κ3) is 4.21. The molecule has 1 rings (SSSR count). The van der Waals surface area contributed by atoms with E-state index in [1.165, 1.54) is 6.42 Å². The Hall–Kier alpha value is 0.880. The van der Waals surface area contributed by atoms with Crippen LogP contribution in [0.4, 0.5) is 0 Å². The number of rotatable bonds is 3. The standard InChI is InChI=1S/C8H16BrNO.BrH/c1-7(2-3-9)8-6-10-4-5-11-8;/h7-8,10H,2-6H2,1H3;1H. The number of halogens is 2. The predicted octanol–water partition coefficient (Wildman–Crippen LogP) is 1.97. The van der Waals surface area contributed by atoms with Gasteiger partial charge in [-0.2, -0.15) is 0 Å². The minimum absolute atomic E-state index is 0. The average molecular weight is 303 g/mol. The maximum Gasteiger partial charge on any atom is 0.0725 e. The zero-order valence-corrected chi connectivity index (χ0v) is 10.7. The average Bonchev–Trinajstić information content (AvgIpc) is 2.07. The van der Waals surface area contributed by atoms with Crippen LogP contribution in [-0.2, 0) is 4.74 Å². The second-order valence-electron chi connectivity index (χ2n) is 3.07. The van der Waals surface area contributed by atoms with Gasteiger partial charge in [-0.15, -0.1) is 17.0 Å². The number of nitrogens with one attached hydrogen (secondary N) is 1. The zero-order chi connectivity index (χ0) is 8.10. The quantitative estimate of drug-likeness (QED) is 0.805. The highest BCUT2D eigenvalue weighted by Gasteiger charge is 2.19. The third-order valence-electron chi connectivity index (χ3n) is 2.16. The Balaban J connectivity index is 0.00000121. The van der Waals surface area contributed by atoms with Gasteiger partial charge in [0.05, 0.1) is 12.7 Å². The van der Waals surface area contributed by atoms with Crippen LogP contribution in [0.15, 0.2) is 0 Å². The molecule has 1 fully saturated rings. The Morgan fingerprint density at radius 2 is 2.42 bits per heavy atom. The largest absolute Gasteiger partial charge is 0.375 e. The predicted molar refractivity (Wildman–Crippen MR) is 60.5 cm³/mol. The summed E-state index contributed by atoms with van der Waals surface area (Å²) in [7, 11) is 0. The van der Waals surface area contributed by atoms with Gasteiger partial charge in [0.25, 0.3) is 0 Å². The molecule has 0 aromatic carbocycles. The van der Waals surface area contributed by atoms with Gasteiger partial charge >= 0.3 is 0 Å². The van der Waals surface area contributed by atoms with Crippen LogP contribution in [0.2, 0.25) is 0 Å². The van der Waals surface area contributed by atoms with Crippen molar-refractivity contribution in [2.75, 3.05) is 25.0 Å². The van der Waals surface area contributed by atoms with E-state index in [9.17, 15) is 0 Å². The normalized spacial score (nSPS) is 26.0. The fourth-order valence-corrected chi connectivity index (χ4v) is 2.03. The van der Waals surface area contributed by atoms with E-state index >= 15 is 0 Å². The minimum atomic E-state index is 0. The number of hydrogen-bond donors (Lipinski definition) is 1. The SMILES string of the molecule is Br.CC(CCBr)C1CNCCO1. The number of alkyl halides is 1. The van der Waals surface area contributed by atoms with Gasteiger partial charge < -0.3 is 10.1 Å². The summed E-state index contributed by atoms with van der Waals surface area (Å²) in [6, 6.07) is 0. The molecule has 0 aliphatic carbocycles. The van der Waals surface area contributed by atoms with Crippen molar-refractivity contribution in [3.8, 4) is 0 Å². The van der Waals surface area contributed by atoms with Crippen LogP contribution in [0.5, 0.6) is 0 Å². The molecule has 1 aliphatic rings. The van der Waals surface area contributed by atoms with Gasteiger partial charge in [-0.1, -0.05) is 22.9 Å². The highest BCUT2D eigenvalue weighted by atomic mass is 79.9. The Morgan fingerprint density at radius 1 is 1.67 bits per heavy atom. The first-order valence-electron chi connectivity index (χ1n) is 4.23. The second kappa shape index (κ2) is 7.30. The van der Waals surface area contributed by atoms with Crippen LogP contribution in [0.3, 0.4) is 0 Å². The molecule has 0 aromatic rings. The summed E-state index contributed by atoms with van der Waals surface area (Å²) in [6.07, 6.45) is 1.63. The van der Waals surface area contributed by atoms with E-state index < -0.39 is 0 Å². The van der Waals surface area contributed by atoms with Crippen molar-refractivity contribution in [2.45, 2.75) is 19.4 Å². The summed E-state index contributed by atoms with van der Waals surface area (Å²) in [4.78, 5) is 0. The first kappa shape index (κ1) is 12.9. The fraction of sp³-hybridized carbons (Fsp3) is 1.00. The molecule has 12 heavy (non-hydrogen) atoms. The molecule has 74 valence electrons. The lowest BCUT2D eigenvalue weighted by atomic mass is 10.0. The Labute approximate surface area is 93.3 Å². The van der Waals surface area contributed by atoms with E-state index in [0.717, 1.165) is 25.0 Å². The van der Waals surface area contributed by atoms with Crippen molar-refractivity contribution in [3.63, 3.8) is 0 Å². The first-order chi connectivity index (χ1) is 5.34. The molecule has 4 heteroatoms. The lowest BCUT2D eigenvalue weighted by molar-refractivity contribution is -0.00475. The van der Waals surface area contributed by atoms with Gasteiger partial charge in [0.15, 0.2) is 0 Å². The van der Waals surface area contributed by atoms with Crippen molar-refractivity contribution in [1.29, 1.82) is 0 Å². The molecule has 0 bridgehead atoms. The van der Waals surface area contributed by atoms with Gasteiger partial charge in [0, 0.05) is 18.4 Å². The number of morpholine rings is 1. The molecular weight excluding hydrogens is 286 g/mol. The highest BCUT2D eigenvalue weighted by molar-refractivity contribution is 9.09. The minimum Gasteiger partial charge on any atom is -0.375 e. The van der Waals surface area contributed by atoms with Gasteiger partial charge in [0.1, 0.15) is 0 Å². The monoisotopic (exact) mass is 301 g/mol. The Morgan fingerprint density at radius 3 is 2.92 bits per heavy atom. The van der Waals surface area contributed by atoms with Crippen LogP contribution in [-0.4, -0.2) is 31.1 Å². The van der Waals surface area contributed by atoms with E-state index in [0.29, 0.717) is 12.0 Å². The van der Waals surface area contributed by atoms with Crippen molar-refractivity contribution >= 4 is 32.9 Å². The summed E-state index contributed by atoms with van der Waals surface area (Å²) in [6.45, 7) is 5.15. The van der Waals surface area contributed by atoms with Crippen molar-refractivity contribution < 1.29 is 4.74 Å². The van der Waals surface area contributed by atoms with Crippen LogP contribution in [0.25, 0.3) is 0 Å². The van der Waals surface area contributed by atoms with Crippen molar-refractivity contribution in [1.82, 2.24) is 5.32 Å². The van der Waals surface area contributed by atoms with Crippen molar-refractivity contribution in [2.24, 2.45) is 5.92 Å². The summed E-state index contributed by atoms with van der Waals surface area (Å²) < 4.78 is 5.61. The summed E-state index contributed by atoms with van der Waals surface area (Å²) >= 11 is 3.44. The molecule has 1 aliphatic heterocycles. The topological polar surface area (TPSA) is 21.3 Å². The van der Waals surface area contributed by atoms with Crippen LogP contribution in [0.1, 0.15) is 13.3 Å². The summed E-state index contributed by atoms with van der Waals surface area (Å²) in [5.41, 5.74) is 0. The molecule has 1 N–H and O–H groups in total. The molecular formula is C8H17Br2NO. The zero-order valence-electron chi connectivity index (χ0n) is 7.38. The summed E-state index contributed by atoms with van der Waals surface area (Å²) in [5.74, 6) is 0.669. The molecule has 2 atom stereocenters. The van der Waals surface area contributed by atoms with Crippen LogP contribution >= 0.6 is 32.9 Å². The van der Waals surface area contributed by atoms with E-state index in [1.807, 2.05) is 0 Å². The van der Waals surface area contributed by atoms with E-state index in [2.05, 4.69) is 28.2 Å². The molecule has 2 unspecified atom stereocenters.